The van der Waals surface area contributed by atoms with Gasteiger partial charge in [-0.1, -0.05) is 18.2 Å². The van der Waals surface area contributed by atoms with Crippen LogP contribution in [0, 0.1) is 0 Å². The van der Waals surface area contributed by atoms with Gasteiger partial charge in [0, 0.05) is 24.3 Å². The number of hydrogen-bond donors (Lipinski definition) is 1. The number of para-hydroxylation sites is 1. The minimum absolute atomic E-state index is 0.0902. The Morgan fingerprint density at radius 3 is 2.73 bits per heavy atom. The number of hydrogen-bond acceptors (Lipinski definition) is 2. The predicted molar refractivity (Wildman–Crippen MR) is 58.8 cm³/mol. The van der Waals surface area contributed by atoms with E-state index in [-0.39, 0.29) is 5.54 Å². The summed E-state index contributed by atoms with van der Waals surface area (Å²) in [6.07, 6.45) is 2.91. The van der Waals surface area contributed by atoms with Gasteiger partial charge in [-0.25, -0.2) is 0 Å². The zero-order valence-corrected chi connectivity index (χ0v) is 8.57. The Labute approximate surface area is 89.1 Å². The van der Waals surface area contributed by atoms with Gasteiger partial charge in [0.05, 0.1) is 5.54 Å². The van der Waals surface area contributed by atoms with Gasteiger partial charge < -0.3 is 10.2 Å². The average molecular weight is 202 g/mol. The fourth-order valence-electron chi connectivity index (χ4n) is 2.89. The van der Waals surface area contributed by atoms with Crippen LogP contribution in [0.4, 0.5) is 5.69 Å². The van der Waals surface area contributed by atoms with Crippen molar-refractivity contribution in [2.24, 2.45) is 0 Å². The summed E-state index contributed by atoms with van der Waals surface area (Å²) in [4.78, 5) is 13.1. The molecule has 0 saturated carbocycles. The number of rotatable bonds is 2. The van der Waals surface area contributed by atoms with E-state index < -0.39 is 0 Å². The van der Waals surface area contributed by atoms with Gasteiger partial charge in [0.25, 0.3) is 0 Å². The van der Waals surface area contributed by atoms with E-state index in [1.165, 1.54) is 11.3 Å². The van der Waals surface area contributed by atoms with Gasteiger partial charge in [-0.2, -0.15) is 0 Å². The van der Waals surface area contributed by atoms with E-state index in [0.717, 1.165) is 32.3 Å². The summed E-state index contributed by atoms with van der Waals surface area (Å²) in [6, 6.07) is 8.40. The predicted octanol–water partition coefficient (Wildman–Crippen LogP) is 1.24. The van der Waals surface area contributed by atoms with E-state index in [9.17, 15) is 4.79 Å². The van der Waals surface area contributed by atoms with Crippen LogP contribution in [0.3, 0.4) is 0 Å². The average Bonchev–Trinajstić information content (AvgIpc) is 2.31. The molecule has 4 rings (SSSR count). The minimum atomic E-state index is -0.0902. The summed E-state index contributed by atoms with van der Waals surface area (Å²) in [5, 5.41) is 3.03. The number of piperidine rings is 1. The van der Waals surface area contributed by atoms with Crippen molar-refractivity contribution in [2.45, 2.75) is 18.4 Å². The molecule has 1 fully saturated rings. The molecular formula is C12H14N2O. The lowest BCUT2D eigenvalue weighted by atomic mass is 9.76. The second kappa shape index (κ2) is 2.99. The molecule has 3 aliphatic rings. The lowest BCUT2D eigenvalue weighted by Gasteiger charge is -2.50. The molecule has 3 nitrogen and oxygen atoms in total. The van der Waals surface area contributed by atoms with Crippen LogP contribution < -0.4 is 10.2 Å². The Balaban J connectivity index is 2.15. The van der Waals surface area contributed by atoms with Crippen LogP contribution in [0.25, 0.3) is 0 Å². The maximum absolute atomic E-state index is 10.7. The summed E-state index contributed by atoms with van der Waals surface area (Å²) >= 11 is 0. The number of nitrogens with one attached hydrogen (secondary N) is 1. The molecule has 15 heavy (non-hydrogen) atoms. The largest absolute Gasteiger partial charge is 0.371 e. The van der Waals surface area contributed by atoms with Crippen molar-refractivity contribution in [1.82, 2.24) is 5.32 Å². The summed E-state index contributed by atoms with van der Waals surface area (Å²) in [5.74, 6) is 0. The Morgan fingerprint density at radius 2 is 2.00 bits per heavy atom. The van der Waals surface area contributed by atoms with Crippen molar-refractivity contribution < 1.29 is 4.79 Å². The van der Waals surface area contributed by atoms with Crippen molar-refractivity contribution in [3.8, 4) is 0 Å². The summed E-state index contributed by atoms with van der Waals surface area (Å²) < 4.78 is 0. The van der Waals surface area contributed by atoms with Crippen LogP contribution in [0.1, 0.15) is 18.4 Å². The normalized spacial score (nSPS) is 20.9. The zero-order chi connectivity index (χ0) is 10.3. The van der Waals surface area contributed by atoms with E-state index in [2.05, 4.69) is 34.5 Å². The summed E-state index contributed by atoms with van der Waals surface area (Å²) in [7, 11) is 0. The molecule has 0 spiro atoms. The number of amides is 1. The van der Waals surface area contributed by atoms with E-state index in [4.69, 9.17) is 0 Å². The lowest BCUT2D eigenvalue weighted by molar-refractivity contribution is -0.111. The van der Waals surface area contributed by atoms with Gasteiger partial charge in [-0.15, -0.1) is 0 Å². The van der Waals surface area contributed by atoms with Crippen molar-refractivity contribution in [1.29, 1.82) is 0 Å². The number of carbonyl (C=O) groups excluding carboxylic acids is 1. The molecule has 3 heterocycles. The van der Waals surface area contributed by atoms with Crippen LogP contribution in [0.5, 0.6) is 0 Å². The van der Waals surface area contributed by atoms with Crippen molar-refractivity contribution in [3.05, 3.63) is 29.8 Å². The van der Waals surface area contributed by atoms with Gasteiger partial charge in [0.15, 0.2) is 0 Å². The van der Waals surface area contributed by atoms with Crippen LogP contribution in [0.15, 0.2) is 24.3 Å². The molecule has 3 aliphatic heterocycles. The molecule has 2 bridgehead atoms. The Hall–Kier alpha value is -1.51. The van der Waals surface area contributed by atoms with E-state index >= 15 is 0 Å². The third-order valence-electron chi connectivity index (χ3n) is 3.71. The topological polar surface area (TPSA) is 32.3 Å². The van der Waals surface area contributed by atoms with Gasteiger partial charge in [-0.05, 0) is 18.9 Å². The zero-order valence-electron chi connectivity index (χ0n) is 8.57. The second-order valence-corrected chi connectivity index (χ2v) is 4.35. The molecule has 1 aromatic carbocycles. The minimum Gasteiger partial charge on any atom is -0.371 e. The fourth-order valence-corrected chi connectivity index (χ4v) is 2.89. The number of anilines is 1. The third-order valence-corrected chi connectivity index (χ3v) is 3.71. The first-order chi connectivity index (χ1) is 7.36. The molecule has 0 unspecified atom stereocenters. The molecule has 1 amide bonds. The second-order valence-electron chi connectivity index (χ2n) is 4.35. The number of carbonyl (C=O) groups is 1. The molecule has 1 N–H and O–H groups in total. The molecule has 0 aliphatic carbocycles. The van der Waals surface area contributed by atoms with E-state index in [1.807, 2.05) is 0 Å². The number of fused-ring (bicyclic) bond motifs is 2. The standard InChI is InChI=1S/C12H14N2O/c15-9-13-12-5-7-14(8-6-12)11-4-2-1-3-10(11)12/h1-4,9H,5-8H2,(H,13,15). The summed E-state index contributed by atoms with van der Waals surface area (Å²) in [5.41, 5.74) is 2.49. The highest BCUT2D eigenvalue weighted by Gasteiger charge is 2.42. The molecule has 0 radical (unpaired) electrons. The number of nitrogens with zero attached hydrogens (tertiary/aromatic N) is 1. The quantitative estimate of drug-likeness (QED) is 0.732. The maximum atomic E-state index is 10.7. The number of benzene rings is 1. The smallest absolute Gasteiger partial charge is 0.207 e. The molecular weight excluding hydrogens is 188 g/mol. The van der Waals surface area contributed by atoms with Gasteiger partial charge in [0.2, 0.25) is 6.41 Å². The SMILES string of the molecule is O=CNC12CCN(CC1)c1ccccc12. The Kier molecular flexibility index (Phi) is 1.75. The highest BCUT2D eigenvalue weighted by atomic mass is 16.1. The first kappa shape index (κ1) is 8.77. The highest BCUT2D eigenvalue weighted by molar-refractivity contribution is 5.63. The summed E-state index contributed by atoms with van der Waals surface area (Å²) in [6.45, 7) is 2.11. The monoisotopic (exact) mass is 202 g/mol. The molecule has 0 atom stereocenters. The fraction of sp³-hybridized carbons (Fsp3) is 0.417. The molecule has 3 heteroatoms. The van der Waals surface area contributed by atoms with Crippen molar-refractivity contribution in [3.63, 3.8) is 0 Å². The molecule has 0 aromatic heterocycles. The van der Waals surface area contributed by atoms with E-state index in [0.29, 0.717) is 0 Å². The molecule has 78 valence electrons. The first-order valence-corrected chi connectivity index (χ1v) is 5.41. The van der Waals surface area contributed by atoms with Gasteiger partial charge in [0.1, 0.15) is 0 Å². The van der Waals surface area contributed by atoms with Crippen LogP contribution >= 0.6 is 0 Å². The lowest BCUT2D eigenvalue weighted by Crippen LogP contribution is -2.55. The third kappa shape index (κ3) is 1.09. The Morgan fingerprint density at radius 1 is 1.27 bits per heavy atom. The van der Waals surface area contributed by atoms with Crippen LogP contribution in [0.2, 0.25) is 0 Å². The van der Waals surface area contributed by atoms with Crippen LogP contribution in [-0.2, 0) is 10.3 Å². The van der Waals surface area contributed by atoms with Crippen molar-refractivity contribution >= 4 is 12.1 Å². The van der Waals surface area contributed by atoms with E-state index in [1.54, 1.807) is 0 Å². The molecule has 1 aromatic rings. The van der Waals surface area contributed by atoms with Crippen LogP contribution in [-0.4, -0.2) is 19.5 Å². The van der Waals surface area contributed by atoms with Gasteiger partial charge >= 0.3 is 0 Å². The van der Waals surface area contributed by atoms with Gasteiger partial charge in [-0.3, -0.25) is 4.79 Å². The first-order valence-electron chi connectivity index (χ1n) is 5.41. The molecule has 1 saturated heterocycles. The Bertz CT molecular complexity index is 394. The maximum Gasteiger partial charge on any atom is 0.207 e. The highest BCUT2D eigenvalue weighted by Crippen LogP contribution is 2.44. The van der Waals surface area contributed by atoms with Crippen molar-refractivity contribution in [2.75, 3.05) is 18.0 Å².